The van der Waals surface area contributed by atoms with Gasteiger partial charge in [0.2, 0.25) is 11.5 Å². The van der Waals surface area contributed by atoms with E-state index in [2.05, 4.69) is 11.1 Å². The minimum Gasteiger partial charge on any atom is -0.317 e. The number of aryl methyl sites for hydroxylation is 2. The van der Waals surface area contributed by atoms with Crippen LogP contribution in [0.5, 0.6) is 0 Å². The number of fused-ring (bicyclic) bond motifs is 2. The lowest BCUT2D eigenvalue weighted by atomic mass is 10.2. The predicted octanol–water partition coefficient (Wildman–Crippen LogP) is 1.31. The fraction of sp³-hybridized carbons (Fsp3) is 0.250. The van der Waals surface area contributed by atoms with E-state index >= 15 is 0 Å². The maximum absolute atomic E-state index is 12.7. The van der Waals surface area contributed by atoms with Crippen molar-refractivity contribution in [2.24, 2.45) is 0 Å². The third kappa shape index (κ3) is 1.99. The normalized spacial score (nSPS) is 11.0. The highest BCUT2D eigenvalue weighted by Crippen LogP contribution is 2.14. The summed E-state index contributed by atoms with van der Waals surface area (Å²) < 4.78 is 3.25. The van der Waals surface area contributed by atoms with Crippen LogP contribution in [-0.4, -0.2) is 9.38 Å². The standard InChI is InChI=1S/C16H15N5O/c1-3-6-20-14(18)11(8-17)7-12-15(20)19-13-5-4-10(2)9-21(13)16(12)22/h4-5,7,9,18H,3,6H2,1-2H3/p+1. The van der Waals surface area contributed by atoms with Crippen LogP contribution in [0, 0.1) is 18.3 Å². The number of rotatable bonds is 2. The third-order valence-corrected chi connectivity index (χ3v) is 3.66. The highest BCUT2D eigenvalue weighted by atomic mass is 16.1. The summed E-state index contributed by atoms with van der Waals surface area (Å²) in [6.07, 6.45) is 2.57. The smallest absolute Gasteiger partial charge is 0.278 e. The Kier molecular flexibility index (Phi) is 3.26. The van der Waals surface area contributed by atoms with Gasteiger partial charge in [0.05, 0.1) is 6.54 Å². The number of hydrogen-bond donors (Lipinski definition) is 1. The van der Waals surface area contributed by atoms with Crippen LogP contribution in [0.1, 0.15) is 24.5 Å². The molecule has 0 aromatic carbocycles. The van der Waals surface area contributed by atoms with Crippen molar-refractivity contribution in [3.05, 3.63) is 45.9 Å². The van der Waals surface area contributed by atoms with Crippen LogP contribution in [0.15, 0.2) is 29.2 Å². The average Bonchev–Trinajstić information content (AvgIpc) is 2.51. The lowest BCUT2D eigenvalue weighted by Gasteiger charge is -2.08. The van der Waals surface area contributed by atoms with Gasteiger partial charge in [-0.2, -0.15) is 5.26 Å². The molecule has 0 saturated heterocycles. The minimum absolute atomic E-state index is 0.190. The van der Waals surface area contributed by atoms with E-state index in [0.717, 1.165) is 12.0 Å². The summed E-state index contributed by atoms with van der Waals surface area (Å²) >= 11 is 0. The zero-order valence-electron chi connectivity index (χ0n) is 12.5. The van der Waals surface area contributed by atoms with Gasteiger partial charge in [-0.05, 0) is 31.0 Å². The second kappa shape index (κ2) is 5.11. The topological polar surface area (TPSA) is 88.1 Å². The van der Waals surface area contributed by atoms with Gasteiger partial charge >= 0.3 is 0 Å². The summed E-state index contributed by atoms with van der Waals surface area (Å²) in [5.41, 5.74) is 8.22. The van der Waals surface area contributed by atoms with Crippen molar-refractivity contribution in [3.63, 3.8) is 0 Å². The molecule has 0 aliphatic heterocycles. The molecule has 6 heteroatoms. The fourth-order valence-corrected chi connectivity index (χ4v) is 2.60. The van der Waals surface area contributed by atoms with E-state index in [-0.39, 0.29) is 5.56 Å². The molecule has 0 amide bonds. The molecule has 110 valence electrons. The first-order valence-corrected chi connectivity index (χ1v) is 7.12. The zero-order valence-corrected chi connectivity index (χ0v) is 12.5. The van der Waals surface area contributed by atoms with Crippen LogP contribution in [0.3, 0.4) is 0 Å². The van der Waals surface area contributed by atoms with Crippen LogP contribution in [0.25, 0.3) is 16.7 Å². The van der Waals surface area contributed by atoms with E-state index in [1.807, 2.05) is 19.9 Å². The number of anilines is 1. The second-order valence-corrected chi connectivity index (χ2v) is 5.30. The summed E-state index contributed by atoms with van der Waals surface area (Å²) in [6.45, 7) is 4.53. The van der Waals surface area contributed by atoms with Crippen molar-refractivity contribution in [3.8, 4) is 6.07 Å². The molecule has 6 nitrogen and oxygen atoms in total. The number of hydrogen-bond acceptors (Lipinski definition) is 4. The van der Waals surface area contributed by atoms with Crippen molar-refractivity contribution in [2.75, 3.05) is 5.73 Å². The van der Waals surface area contributed by atoms with Crippen LogP contribution >= 0.6 is 0 Å². The number of nitrogen functional groups attached to an aromatic ring is 1. The van der Waals surface area contributed by atoms with Crippen molar-refractivity contribution in [2.45, 2.75) is 26.8 Å². The Morgan fingerprint density at radius 3 is 2.91 bits per heavy atom. The Labute approximate surface area is 127 Å². The van der Waals surface area contributed by atoms with E-state index in [9.17, 15) is 10.1 Å². The molecular weight excluding hydrogens is 278 g/mol. The molecule has 0 spiro atoms. The molecule has 0 unspecified atom stereocenters. The lowest BCUT2D eigenvalue weighted by molar-refractivity contribution is -0.658. The van der Waals surface area contributed by atoms with Crippen LogP contribution in [-0.2, 0) is 6.54 Å². The van der Waals surface area contributed by atoms with E-state index in [4.69, 9.17) is 5.73 Å². The molecule has 3 aromatic rings. The molecule has 3 aromatic heterocycles. The lowest BCUT2D eigenvalue weighted by Crippen LogP contribution is -2.41. The average molecular weight is 294 g/mol. The quantitative estimate of drug-likeness (QED) is 0.570. The molecule has 0 radical (unpaired) electrons. The Bertz CT molecular complexity index is 997. The van der Waals surface area contributed by atoms with Gasteiger partial charge in [0.1, 0.15) is 17.0 Å². The first kappa shape index (κ1) is 14.0. The highest BCUT2D eigenvalue weighted by molar-refractivity contribution is 5.76. The molecule has 3 rings (SSSR count). The van der Waals surface area contributed by atoms with Gasteiger partial charge in [-0.25, -0.2) is 4.57 Å². The molecule has 0 atom stereocenters. The fourth-order valence-electron chi connectivity index (χ4n) is 2.60. The molecule has 0 aliphatic carbocycles. The van der Waals surface area contributed by atoms with Crippen molar-refractivity contribution < 1.29 is 4.57 Å². The maximum atomic E-state index is 12.7. The minimum atomic E-state index is -0.190. The Hall–Kier alpha value is -2.94. The van der Waals surface area contributed by atoms with Crippen LogP contribution in [0.2, 0.25) is 0 Å². The van der Waals surface area contributed by atoms with E-state index in [1.54, 1.807) is 16.8 Å². The van der Waals surface area contributed by atoms with Gasteiger partial charge in [0.25, 0.3) is 11.2 Å². The molecule has 0 saturated carbocycles. The largest absolute Gasteiger partial charge is 0.317 e. The summed E-state index contributed by atoms with van der Waals surface area (Å²) in [5, 5.41) is 9.65. The summed E-state index contributed by atoms with van der Waals surface area (Å²) in [5.74, 6) is 0.347. The van der Waals surface area contributed by atoms with E-state index < -0.39 is 0 Å². The number of nitrogens with two attached hydrogens (primary N) is 1. The number of aromatic nitrogens is 3. The predicted molar refractivity (Wildman–Crippen MR) is 83.3 cm³/mol. The molecule has 2 N–H and O–H groups in total. The van der Waals surface area contributed by atoms with Crippen molar-refractivity contribution >= 4 is 22.5 Å². The molecule has 0 bridgehead atoms. The molecule has 0 aliphatic rings. The molecular formula is C16H16N5O+. The van der Waals surface area contributed by atoms with Gasteiger partial charge in [-0.3, -0.25) is 9.20 Å². The molecule has 3 heterocycles. The first-order valence-electron chi connectivity index (χ1n) is 7.12. The van der Waals surface area contributed by atoms with Gasteiger partial charge in [-0.1, -0.05) is 18.0 Å². The van der Waals surface area contributed by atoms with E-state index in [1.165, 1.54) is 10.5 Å². The Morgan fingerprint density at radius 2 is 2.23 bits per heavy atom. The van der Waals surface area contributed by atoms with E-state index in [0.29, 0.717) is 34.6 Å². The third-order valence-electron chi connectivity index (χ3n) is 3.66. The van der Waals surface area contributed by atoms with Crippen molar-refractivity contribution in [1.29, 1.82) is 5.26 Å². The first-order chi connectivity index (χ1) is 10.6. The summed E-state index contributed by atoms with van der Waals surface area (Å²) in [7, 11) is 0. The van der Waals surface area contributed by atoms with Crippen LogP contribution in [0.4, 0.5) is 5.82 Å². The number of nitriles is 1. The number of pyridine rings is 2. The summed E-state index contributed by atoms with van der Waals surface area (Å²) in [4.78, 5) is 17.3. The Balaban J connectivity index is 2.55. The van der Waals surface area contributed by atoms with Crippen molar-refractivity contribution in [1.82, 2.24) is 9.38 Å². The van der Waals surface area contributed by atoms with Gasteiger partial charge in [-0.15, -0.1) is 0 Å². The van der Waals surface area contributed by atoms with Gasteiger partial charge in [0.15, 0.2) is 0 Å². The van der Waals surface area contributed by atoms with Crippen LogP contribution < -0.4 is 15.9 Å². The monoisotopic (exact) mass is 294 g/mol. The molecule has 0 fully saturated rings. The highest BCUT2D eigenvalue weighted by Gasteiger charge is 2.20. The Morgan fingerprint density at radius 1 is 1.45 bits per heavy atom. The number of nitrogens with zero attached hydrogens (tertiary/aromatic N) is 4. The van der Waals surface area contributed by atoms with Gasteiger partial charge < -0.3 is 5.73 Å². The maximum Gasteiger partial charge on any atom is 0.278 e. The van der Waals surface area contributed by atoms with Gasteiger partial charge in [0, 0.05) is 6.20 Å². The zero-order chi connectivity index (χ0) is 15.9. The summed E-state index contributed by atoms with van der Waals surface area (Å²) in [6, 6.07) is 7.29. The SMILES string of the molecule is CCC[n+]1c(N)c(C#N)cc2c(=O)n3cc(C)ccc3nc21. The second-order valence-electron chi connectivity index (χ2n) is 5.30. The molecule has 22 heavy (non-hydrogen) atoms.